The van der Waals surface area contributed by atoms with Gasteiger partial charge in [-0.1, -0.05) is 30.3 Å². The average Bonchev–Trinajstić information content (AvgIpc) is 2.91. The van der Waals surface area contributed by atoms with Gasteiger partial charge in [-0.3, -0.25) is 4.79 Å². The van der Waals surface area contributed by atoms with Gasteiger partial charge in [-0.05, 0) is 42.7 Å². The van der Waals surface area contributed by atoms with Crippen LogP contribution >= 0.6 is 0 Å². The zero-order valence-corrected chi connectivity index (χ0v) is 21.5. The van der Waals surface area contributed by atoms with Gasteiger partial charge in [-0.25, -0.2) is 9.59 Å². The van der Waals surface area contributed by atoms with Crippen molar-refractivity contribution < 1.29 is 33.3 Å². The van der Waals surface area contributed by atoms with Gasteiger partial charge in [0, 0.05) is 42.3 Å². The first-order valence-electron chi connectivity index (χ1n) is 12.1. The molecule has 1 aliphatic carbocycles. The number of esters is 2. The number of benzene rings is 2. The normalized spacial score (nSPS) is 19.2. The molecular formula is C29H31NO7. The maximum Gasteiger partial charge on any atom is 0.337 e. The summed E-state index contributed by atoms with van der Waals surface area (Å²) in [4.78, 5) is 39.0. The number of para-hydroxylation sites is 1. The number of methoxy groups -OCH3 is 3. The van der Waals surface area contributed by atoms with Crippen LogP contribution in [-0.2, 0) is 23.8 Å². The van der Waals surface area contributed by atoms with E-state index < -0.39 is 17.9 Å². The molecule has 194 valence electrons. The van der Waals surface area contributed by atoms with E-state index >= 15 is 0 Å². The summed E-state index contributed by atoms with van der Waals surface area (Å²) in [7, 11) is 4.47. The summed E-state index contributed by atoms with van der Waals surface area (Å²) >= 11 is 0. The predicted molar refractivity (Wildman–Crippen MR) is 136 cm³/mol. The van der Waals surface area contributed by atoms with E-state index in [1.54, 1.807) is 31.4 Å². The second kappa shape index (κ2) is 11.4. The van der Waals surface area contributed by atoms with Crippen LogP contribution in [0, 0.1) is 0 Å². The van der Waals surface area contributed by atoms with Gasteiger partial charge in [0.1, 0.15) is 12.4 Å². The SMILES string of the molecule is COCCOC(=O)C1=C(C)NC2=C(C(=O)C[C@@H](c3ccccc3OC)C2)[C@H]1c1ccc(C(=O)OC)cc1. The maximum absolute atomic E-state index is 13.7. The van der Waals surface area contributed by atoms with E-state index in [-0.39, 0.29) is 31.3 Å². The molecule has 0 fully saturated rings. The minimum Gasteiger partial charge on any atom is -0.496 e. The number of hydrogen-bond donors (Lipinski definition) is 1. The standard InChI is InChI=1S/C29H31NO7/c1-17-25(29(33)37-14-13-34-2)26(18-9-11-19(12-10-18)28(32)36-4)27-22(30-17)15-20(16-23(27)31)21-7-5-6-8-24(21)35-3/h5-12,20,26,30H,13-16H2,1-4H3/t20-,26-/m0/s1. The van der Waals surface area contributed by atoms with Crippen LogP contribution in [0.25, 0.3) is 0 Å². The molecule has 0 bridgehead atoms. The Labute approximate surface area is 216 Å². The van der Waals surface area contributed by atoms with Gasteiger partial charge < -0.3 is 24.3 Å². The van der Waals surface area contributed by atoms with Crippen LogP contribution in [-0.4, -0.2) is 52.3 Å². The lowest BCUT2D eigenvalue weighted by Crippen LogP contribution is -2.36. The van der Waals surface area contributed by atoms with Crippen LogP contribution in [0.4, 0.5) is 0 Å². The van der Waals surface area contributed by atoms with Crippen LogP contribution in [0.15, 0.2) is 71.1 Å². The molecule has 2 atom stereocenters. The highest BCUT2D eigenvalue weighted by molar-refractivity contribution is 6.04. The first kappa shape index (κ1) is 26.2. The number of allylic oxidation sites excluding steroid dienone is 3. The fraction of sp³-hybridized carbons (Fsp3) is 0.345. The van der Waals surface area contributed by atoms with Crippen molar-refractivity contribution in [3.8, 4) is 5.75 Å². The summed E-state index contributed by atoms with van der Waals surface area (Å²) in [5, 5.41) is 3.34. The molecule has 2 aliphatic rings. The highest BCUT2D eigenvalue weighted by Crippen LogP contribution is 2.46. The van der Waals surface area contributed by atoms with Crippen LogP contribution in [0.2, 0.25) is 0 Å². The number of ketones is 1. The van der Waals surface area contributed by atoms with Crippen LogP contribution < -0.4 is 10.1 Å². The fourth-order valence-electron chi connectivity index (χ4n) is 5.09. The zero-order valence-electron chi connectivity index (χ0n) is 21.5. The van der Waals surface area contributed by atoms with Gasteiger partial charge in [-0.2, -0.15) is 0 Å². The maximum atomic E-state index is 13.7. The van der Waals surface area contributed by atoms with Crippen molar-refractivity contribution in [2.24, 2.45) is 0 Å². The fourth-order valence-corrected chi connectivity index (χ4v) is 5.09. The number of Topliss-reactive ketones (excluding diaryl/α,β-unsaturated/α-hetero) is 1. The summed E-state index contributed by atoms with van der Waals surface area (Å²) < 4.78 is 20.8. The Bertz CT molecular complexity index is 1260. The lowest BCUT2D eigenvalue weighted by Gasteiger charge is -2.37. The van der Waals surface area contributed by atoms with Crippen molar-refractivity contribution in [1.29, 1.82) is 0 Å². The van der Waals surface area contributed by atoms with E-state index in [9.17, 15) is 14.4 Å². The molecule has 0 radical (unpaired) electrons. The molecule has 1 heterocycles. The first-order valence-corrected chi connectivity index (χ1v) is 12.1. The van der Waals surface area contributed by atoms with Crippen LogP contribution in [0.1, 0.15) is 53.1 Å². The van der Waals surface area contributed by atoms with Crippen LogP contribution in [0.5, 0.6) is 5.75 Å². The zero-order chi connectivity index (χ0) is 26.5. The van der Waals surface area contributed by atoms with E-state index in [1.807, 2.05) is 31.2 Å². The Morgan fingerprint density at radius 2 is 1.68 bits per heavy atom. The van der Waals surface area contributed by atoms with Crippen molar-refractivity contribution in [3.63, 3.8) is 0 Å². The molecule has 37 heavy (non-hydrogen) atoms. The number of rotatable bonds is 8. The first-order chi connectivity index (χ1) is 17.9. The number of ether oxygens (including phenoxy) is 4. The molecule has 0 spiro atoms. The molecule has 2 aromatic carbocycles. The van der Waals surface area contributed by atoms with E-state index in [1.165, 1.54) is 14.2 Å². The van der Waals surface area contributed by atoms with Gasteiger partial charge in [0.25, 0.3) is 0 Å². The van der Waals surface area contributed by atoms with Gasteiger partial charge in [0.2, 0.25) is 0 Å². The molecule has 8 heteroatoms. The minimum atomic E-state index is -0.635. The van der Waals surface area contributed by atoms with Crippen molar-refractivity contribution in [3.05, 3.63) is 87.8 Å². The Balaban J connectivity index is 1.76. The molecule has 0 unspecified atom stereocenters. The van der Waals surface area contributed by atoms with Crippen LogP contribution in [0.3, 0.4) is 0 Å². The molecular weight excluding hydrogens is 474 g/mol. The smallest absolute Gasteiger partial charge is 0.337 e. The summed E-state index contributed by atoms with van der Waals surface area (Å²) in [5.41, 5.74) is 4.37. The third kappa shape index (κ3) is 5.29. The summed E-state index contributed by atoms with van der Waals surface area (Å²) in [6.45, 7) is 2.16. The molecule has 8 nitrogen and oxygen atoms in total. The number of carbonyl (C=O) groups is 3. The summed E-state index contributed by atoms with van der Waals surface area (Å²) in [5.74, 6) is -0.998. The summed E-state index contributed by atoms with van der Waals surface area (Å²) in [6.07, 6.45) is 0.865. The lowest BCUT2D eigenvalue weighted by molar-refractivity contribution is -0.140. The van der Waals surface area contributed by atoms with Gasteiger partial charge in [0.15, 0.2) is 5.78 Å². The predicted octanol–water partition coefficient (Wildman–Crippen LogP) is 4.03. The van der Waals surface area contributed by atoms with Gasteiger partial charge in [0.05, 0.1) is 32.0 Å². The average molecular weight is 506 g/mol. The van der Waals surface area contributed by atoms with E-state index in [0.717, 1.165) is 17.0 Å². The Hall–Kier alpha value is -3.91. The monoisotopic (exact) mass is 505 g/mol. The quantitative estimate of drug-likeness (QED) is 0.424. The molecule has 0 saturated carbocycles. The molecule has 0 saturated heterocycles. The Kier molecular flexibility index (Phi) is 8.08. The highest BCUT2D eigenvalue weighted by atomic mass is 16.6. The third-order valence-corrected chi connectivity index (χ3v) is 6.81. The van der Waals surface area contributed by atoms with Crippen molar-refractivity contribution in [2.75, 3.05) is 34.5 Å². The number of dihydropyridines is 1. The second-order valence-corrected chi connectivity index (χ2v) is 9.00. The number of carbonyl (C=O) groups excluding carboxylic acids is 3. The highest BCUT2D eigenvalue weighted by Gasteiger charge is 2.41. The van der Waals surface area contributed by atoms with Crippen molar-refractivity contribution in [1.82, 2.24) is 5.32 Å². The van der Waals surface area contributed by atoms with Gasteiger partial charge >= 0.3 is 11.9 Å². The van der Waals surface area contributed by atoms with E-state index in [4.69, 9.17) is 18.9 Å². The second-order valence-electron chi connectivity index (χ2n) is 9.00. The van der Waals surface area contributed by atoms with Crippen molar-refractivity contribution >= 4 is 17.7 Å². The molecule has 4 rings (SSSR count). The number of hydrogen-bond acceptors (Lipinski definition) is 8. The summed E-state index contributed by atoms with van der Waals surface area (Å²) in [6, 6.07) is 14.5. The Morgan fingerprint density at radius 1 is 0.946 bits per heavy atom. The molecule has 2 aromatic rings. The van der Waals surface area contributed by atoms with Gasteiger partial charge in [-0.15, -0.1) is 0 Å². The lowest BCUT2D eigenvalue weighted by atomic mass is 9.71. The molecule has 0 aromatic heterocycles. The molecule has 0 amide bonds. The van der Waals surface area contributed by atoms with E-state index in [0.29, 0.717) is 34.4 Å². The largest absolute Gasteiger partial charge is 0.496 e. The Morgan fingerprint density at radius 3 is 2.35 bits per heavy atom. The molecule has 1 N–H and O–H groups in total. The van der Waals surface area contributed by atoms with E-state index in [2.05, 4.69) is 5.32 Å². The third-order valence-electron chi connectivity index (χ3n) is 6.81. The minimum absolute atomic E-state index is 0.0543. The number of nitrogens with one attached hydrogen (secondary N) is 1. The topological polar surface area (TPSA) is 100 Å². The van der Waals surface area contributed by atoms with Crippen molar-refractivity contribution in [2.45, 2.75) is 31.6 Å². The molecule has 1 aliphatic heterocycles.